The monoisotopic (exact) mass is 362 g/mol. The zero-order valence-electron chi connectivity index (χ0n) is 14.0. The summed E-state index contributed by atoms with van der Waals surface area (Å²) < 4.78 is 4.76. The number of cyclic esters (lactones) is 1. The number of rotatable bonds is 7. The van der Waals surface area contributed by atoms with Crippen LogP contribution in [0.2, 0.25) is 0 Å². The number of imide groups is 1. The SMILES string of the molecule is O=C(CSC1CCCC1)NC(CN1C(=O)COC1=O)c1ccccc1. The van der Waals surface area contributed by atoms with E-state index in [1.807, 2.05) is 30.3 Å². The van der Waals surface area contributed by atoms with Crippen molar-refractivity contribution >= 4 is 29.7 Å². The van der Waals surface area contributed by atoms with E-state index >= 15 is 0 Å². The predicted octanol–water partition coefficient (Wildman–Crippen LogP) is 2.50. The number of nitrogens with zero attached hydrogens (tertiary/aromatic N) is 1. The number of amides is 3. The summed E-state index contributed by atoms with van der Waals surface area (Å²) in [6.45, 7) is -0.145. The van der Waals surface area contributed by atoms with Crippen LogP contribution >= 0.6 is 11.8 Å². The molecule has 2 fully saturated rings. The summed E-state index contributed by atoms with van der Waals surface area (Å²) in [4.78, 5) is 36.9. The van der Waals surface area contributed by atoms with E-state index in [2.05, 4.69) is 5.32 Å². The molecule has 2 aliphatic rings. The first kappa shape index (κ1) is 17.8. The number of hydrogen-bond acceptors (Lipinski definition) is 5. The molecule has 134 valence electrons. The second kappa shape index (κ2) is 8.38. The van der Waals surface area contributed by atoms with Gasteiger partial charge >= 0.3 is 6.09 Å². The second-order valence-corrected chi connectivity index (χ2v) is 7.60. The Morgan fingerprint density at radius 2 is 1.96 bits per heavy atom. The number of hydrogen-bond donors (Lipinski definition) is 1. The van der Waals surface area contributed by atoms with Gasteiger partial charge < -0.3 is 10.1 Å². The number of ether oxygens (including phenoxy) is 1. The average Bonchev–Trinajstić information content (AvgIpc) is 3.25. The van der Waals surface area contributed by atoms with Crippen molar-refractivity contribution in [2.45, 2.75) is 37.0 Å². The van der Waals surface area contributed by atoms with Gasteiger partial charge in [-0.05, 0) is 18.4 Å². The minimum absolute atomic E-state index is 0.0780. The van der Waals surface area contributed by atoms with Crippen molar-refractivity contribution in [3.8, 4) is 0 Å². The number of carbonyl (C=O) groups excluding carboxylic acids is 3. The highest BCUT2D eigenvalue weighted by atomic mass is 32.2. The molecule has 1 aromatic carbocycles. The second-order valence-electron chi connectivity index (χ2n) is 6.31. The number of nitrogens with one attached hydrogen (secondary N) is 1. The quantitative estimate of drug-likeness (QED) is 0.806. The Hall–Kier alpha value is -2.02. The van der Waals surface area contributed by atoms with Crippen LogP contribution in [-0.4, -0.2) is 47.0 Å². The van der Waals surface area contributed by atoms with Crippen LogP contribution < -0.4 is 5.32 Å². The van der Waals surface area contributed by atoms with Gasteiger partial charge in [0.2, 0.25) is 5.91 Å². The van der Waals surface area contributed by atoms with E-state index in [-0.39, 0.29) is 25.0 Å². The van der Waals surface area contributed by atoms with Gasteiger partial charge in [0.25, 0.3) is 5.91 Å². The van der Waals surface area contributed by atoms with Crippen LogP contribution in [0.3, 0.4) is 0 Å². The fourth-order valence-electron chi connectivity index (χ4n) is 3.14. The Balaban J connectivity index is 1.62. The van der Waals surface area contributed by atoms with Crippen molar-refractivity contribution in [2.75, 3.05) is 18.9 Å². The molecule has 1 aliphatic carbocycles. The van der Waals surface area contributed by atoms with Gasteiger partial charge in [0.1, 0.15) is 0 Å². The van der Waals surface area contributed by atoms with Gasteiger partial charge in [0, 0.05) is 5.25 Å². The fourth-order valence-corrected chi connectivity index (χ4v) is 4.28. The molecule has 25 heavy (non-hydrogen) atoms. The molecule has 1 N–H and O–H groups in total. The van der Waals surface area contributed by atoms with E-state index in [1.165, 1.54) is 25.7 Å². The molecule has 1 heterocycles. The van der Waals surface area contributed by atoms with Gasteiger partial charge in [-0.3, -0.25) is 9.59 Å². The molecule has 0 bridgehead atoms. The highest BCUT2D eigenvalue weighted by Crippen LogP contribution is 2.29. The Bertz CT molecular complexity index is 615. The lowest BCUT2D eigenvalue weighted by atomic mass is 10.1. The molecular weight excluding hydrogens is 340 g/mol. The summed E-state index contributed by atoms with van der Waals surface area (Å²) in [6.07, 6.45) is 4.18. The number of carbonyl (C=O) groups is 3. The number of benzene rings is 1. The van der Waals surface area contributed by atoms with Gasteiger partial charge in [0.15, 0.2) is 6.61 Å². The highest BCUT2D eigenvalue weighted by Gasteiger charge is 2.33. The standard InChI is InChI=1S/C18H22N2O4S/c21-16(12-25-14-8-4-5-9-14)19-15(13-6-2-1-3-7-13)10-20-17(22)11-24-18(20)23/h1-3,6-7,14-15H,4-5,8-12H2,(H,19,21). The van der Waals surface area contributed by atoms with Crippen LogP contribution in [0.25, 0.3) is 0 Å². The third kappa shape index (κ3) is 4.75. The third-order valence-electron chi connectivity index (χ3n) is 4.50. The number of thioether (sulfide) groups is 1. The van der Waals surface area contributed by atoms with E-state index in [0.717, 1.165) is 10.5 Å². The fraction of sp³-hybridized carbons (Fsp3) is 0.500. The molecule has 1 aliphatic heterocycles. The van der Waals surface area contributed by atoms with E-state index in [1.54, 1.807) is 11.8 Å². The molecule has 1 saturated heterocycles. The molecule has 0 spiro atoms. The Kier molecular flexibility index (Phi) is 5.96. The lowest BCUT2D eigenvalue weighted by Gasteiger charge is -2.23. The van der Waals surface area contributed by atoms with E-state index in [0.29, 0.717) is 11.0 Å². The Morgan fingerprint density at radius 1 is 1.24 bits per heavy atom. The van der Waals surface area contributed by atoms with Gasteiger partial charge in [-0.15, -0.1) is 11.8 Å². The Labute approximate surface area is 151 Å². The zero-order valence-corrected chi connectivity index (χ0v) is 14.8. The van der Waals surface area contributed by atoms with Crippen molar-refractivity contribution in [1.29, 1.82) is 0 Å². The van der Waals surface area contributed by atoms with Crippen molar-refractivity contribution in [2.24, 2.45) is 0 Å². The largest absolute Gasteiger partial charge is 0.439 e. The Morgan fingerprint density at radius 3 is 2.60 bits per heavy atom. The maximum Gasteiger partial charge on any atom is 0.417 e. The van der Waals surface area contributed by atoms with Crippen molar-refractivity contribution < 1.29 is 19.1 Å². The van der Waals surface area contributed by atoms with E-state index in [4.69, 9.17) is 4.74 Å². The van der Waals surface area contributed by atoms with E-state index in [9.17, 15) is 14.4 Å². The molecular formula is C18H22N2O4S. The molecule has 0 aromatic heterocycles. The van der Waals surface area contributed by atoms with Crippen LogP contribution in [0.4, 0.5) is 4.79 Å². The summed E-state index contributed by atoms with van der Waals surface area (Å²) in [5.41, 5.74) is 0.856. The summed E-state index contributed by atoms with van der Waals surface area (Å²) in [6, 6.07) is 8.93. The van der Waals surface area contributed by atoms with Crippen LogP contribution in [0, 0.1) is 0 Å². The van der Waals surface area contributed by atoms with Crippen molar-refractivity contribution in [1.82, 2.24) is 10.2 Å². The molecule has 0 radical (unpaired) electrons. The van der Waals surface area contributed by atoms with Crippen LogP contribution in [0.5, 0.6) is 0 Å². The maximum atomic E-state index is 12.4. The summed E-state index contributed by atoms with van der Waals surface area (Å²) in [5.74, 6) is -0.0573. The topological polar surface area (TPSA) is 75.7 Å². The lowest BCUT2D eigenvalue weighted by molar-refractivity contribution is -0.127. The summed E-state index contributed by atoms with van der Waals surface area (Å²) in [7, 11) is 0. The normalized spacial score (nSPS) is 19.1. The molecule has 3 amide bonds. The van der Waals surface area contributed by atoms with Crippen LogP contribution in [0.15, 0.2) is 30.3 Å². The van der Waals surface area contributed by atoms with Gasteiger partial charge in [-0.25, -0.2) is 9.69 Å². The average molecular weight is 362 g/mol. The van der Waals surface area contributed by atoms with Crippen molar-refractivity contribution in [3.63, 3.8) is 0 Å². The van der Waals surface area contributed by atoms with Crippen molar-refractivity contribution in [3.05, 3.63) is 35.9 Å². The molecule has 3 rings (SSSR count). The van der Waals surface area contributed by atoms with E-state index < -0.39 is 12.1 Å². The molecule has 1 unspecified atom stereocenters. The first-order chi connectivity index (χ1) is 12.1. The minimum Gasteiger partial charge on any atom is -0.439 e. The molecule has 1 saturated carbocycles. The summed E-state index contributed by atoms with van der Waals surface area (Å²) >= 11 is 1.69. The molecule has 1 atom stereocenters. The van der Waals surface area contributed by atoms with Gasteiger partial charge in [-0.2, -0.15) is 0 Å². The molecule has 7 heteroatoms. The lowest BCUT2D eigenvalue weighted by Crippen LogP contribution is -2.41. The predicted molar refractivity (Wildman–Crippen MR) is 95.1 cm³/mol. The first-order valence-corrected chi connectivity index (χ1v) is 9.61. The van der Waals surface area contributed by atoms with Crippen LogP contribution in [0.1, 0.15) is 37.3 Å². The molecule has 6 nitrogen and oxygen atoms in total. The minimum atomic E-state index is -0.652. The van der Waals surface area contributed by atoms with Crippen LogP contribution in [-0.2, 0) is 14.3 Å². The smallest absolute Gasteiger partial charge is 0.417 e. The summed E-state index contributed by atoms with van der Waals surface area (Å²) in [5, 5.41) is 3.53. The highest BCUT2D eigenvalue weighted by molar-refractivity contribution is 8.00. The first-order valence-electron chi connectivity index (χ1n) is 8.56. The third-order valence-corrected chi connectivity index (χ3v) is 5.87. The maximum absolute atomic E-state index is 12.4. The zero-order chi connectivity index (χ0) is 17.6. The van der Waals surface area contributed by atoms with Gasteiger partial charge in [0.05, 0.1) is 18.3 Å². The molecule has 1 aromatic rings. The van der Waals surface area contributed by atoms with Gasteiger partial charge in [-0.1, -0.05) is 43.2 Å².